The molecule has 7 atom stereocenters. The van der Waals surface area contributed by atoms with E-state index in [4.69, 9.17) is 9.47 Å². The van der Waals surface area contributed by atoms with Crippen LogP contribution in [0.15, 0.2) is 36.5 Å². The summed E-state index contributed by atoms with van der Waals surface area (Å²) in [5, 5.41) is 54.9. The molecule has 6 N–H and O–H groups in total. The second-order valence-corrected chi connectivity index (χ2v) is 24.0. The minimum atomic E-state index is -1.55. The van der Waals surface area contributed by atoms with Gasteiger partial charge in [-0.25, -0.2) is 0 Å². The molecule has 1 rings (SSSR count). The minimum Gasteiger partial charge on any atom is -0.394 e. The molecule has 0 bridgehead atoms. The Morgan fingerprint density at radius 1 is 0.436 bits per heavy atom. The highest BCUT2D eigenvalue weighted by Gasteiger charge is 2.44. The fraction of sp³-hybridized carbons (Fsp3) is 0.899. The maximum atomic E-state index is 13.1. The van der Waals surface area contributed by atoms with E-state index in [0.29, 0.717) is 12.8 Å². The second-order valence-electron chi connectivity index (χ2n) is 24.0. The number of ether oxygens (including phenoxy) is 2. The molecular formula is C69H131NO8. The molecule has 1 saturated heterocycles. The Bertz CT molecular complexity index is 1320. The maximum absolute atomic E-state index is 13.1. The van der Waals surface area contributed by atoms with Crippen LogP contribution in [0.3, 0.4) is 0 Å². The summed E-state index contributed by atoms with van der Waals surface area (Å²) in [6.07, 6.45) is 70.6. The lowest BCUT2D eigenvalue weighted by atomic mass is 9.99. The number of allylic oxidation sites excluding steroid dienone is 6. The molecule has 7 unspecified atom stereocenters. The Hall–Kier alpha value is -1.59. The first kappa shape index (κ1) is 74.4. The molecule has 9 heteroatoms. The molecule has 0 saturated carbocycles. The highest BCUT2D eigenvalue weighted by atomic mass is 16.7. The van der Waals surface area contributed by atoms with Gasteiger partial charge in [0.1, 0.15) is 24.4 Å². The first-order valence-electron chi connectivity index (χ1n) is 34.2. The molecule has 0 aromatic carbocycles. The number of carbonyl (C=O) groups is 1. The Balaban J connectivity index is 2.13. The number of hydrogen-bond acceptors (Lipinski definition) is 8. The minimum absolute atomic E-state index is 0.136. The second kappa shape index (κ2) is 58.6. The Morgan fingerprint density at radius 2 is 0.756 bits per heavy atom. The van der Waals surface area contributed by atoms with Gasteiger partial charge in [0.25, 0.3) is 0 Å². The number of unbranched alkanes of at least 4 members (excludes halogenated alkanes) is 44. The lowest BCUT2D eigenvalue weighted by Crippen LogP contribution is -2.60. The van der Waals surface area contributed by atoms with Gasteiger partial charge in [-0.05, 0) is 51.4 Å². The highest BCUT2D eigenvalue weighted by Crippen LogP contribution is 2.24. The molecule has 0 aromatic heterocycles. The lowest BCUT2D eigenvalue weighted by Gasteiger charge is -2.40. The molecule has 9 nitrogen and oxygen atoms in total. The van der Waals surface area contributed by atoms with Crippen LogP contribution in [-0.2, 0) is 14.3 Å². The summed E-state index contributed by atoms with van der Waals surface area (Å²) in [6.45, 7) is 3.87. The van der Waals surface area contributed by atoms with Gasteiger partial charge < -0.3 is 40.3 Å². The van der Waals surface area contributed by atoms with Gasteiger partial charge in [0.15, 0.2) is 6.29 Å². The third-order valence-electron chi connectivity index (χ3n) is 16.5. The average molecular weight is 1100 g/mol. The van der Waals surface area contributed by atoms with Crippen molar-refractivity contribution in [1.29, 1.82) is 0 Å². The van der Waals surface area contributed by atoms with Crippen molar-refractivity contribution in [3.05, 3.63) is 36.5 Å². The topological polar surface area (TPSA) is 149 Å². The monoisotopic (exact) mass is 1100 g/mol. The van der Waals surface area contributed by atoms with Crippen LogP contribution in [0.2, 0.25) is 0 Å². The lowest BCUT2D eigenvalue weighted by molar-refractivity contribution is -0.302. The molecule has 1 amide bonds. The predicted molar refractivity (Wildman–Crippen MR) is 332 cm³/mol. The van der Waals surface area contributed by atoms with Crippen molar-refractivity contribution in [3.8, 4) is 0 Å². The quantitative estimate of drug-likeness (QED) is 0.0261. The van der Waals surface area contributed by atoms with Gasteiger partial charge >= 0.3 is 0 Å². The fourth-order valence-corrected chi connectivity index (χ4v) is 11.1. The molecule has 1 aliphatic rings. The van der Waals surface area contributed by atoms with Crippen LogP contribution in [0.25, 0.3) is 0 Å². The molecule has 78 heavy (non-hydrogen) atoms. The van der Waals surface area contributed by atoms with Crippen molar-refractivity contribution in [1.82, 2.24) is 5.32 Å². The van der Waals surface area contributed by atoms with Gasteiger partial charge in [-0.1, -0.05) is 320 Å². The first-order valence-corrected chi connectivity index (χ1v) is 34.2. The summed E-state index contributed by atoms with van der Waals surface area (Å²) in [5.41, 5.74) is 0. The van der Waals surface area contributed by atoms with Crippen molar-refractivity contribution in [2.45, 2.75) is 384 Å². The molecule has 0 aliphatic carbocycles. The zero-order valence-corrected chi connectivity index (χ0v) is 51.4. The zero-order chi connectivity index (χ0) is 56.5. The van der Waals surface area contributed by atoms with E-state index in [2.05, 4.69) is 55.6 Å². The van der Waals surface area contributed by atoms with Gasteiger partial charge in [0, 0.05) is 6.42 Å². The first-order chi connectivity index (χ1) is 38.3. The number of aliphatic hydroxyl groups excluding tert-OH is 5. The van der Waals surface area contributed by atoms with Crippen molar-refractivity contribution in [3.63, 3.8) is 0 Å². The normalized spacial score (nSPS) is 18.8. The van der Waals surface area contributed by atoms with Crippen molar-refractivity contribution in [2.24, 2.45) is 0 Å². The van der Waals surface area contributed by atoms with E-state index in [0.717, 1.165) is 51.4 Å². The molecule has 0 spiro atoms. The summed E-state index contributed by atoms with van der Waals surface area (Å²) in [4.78, 5) is 13.1. The van der Waals surface area contributed by atoms with E-state index >= 15 is 0 Å². The third kappa shape index (κ3) is 47.0. The molecular weight excluding hydrogens is 971 g/mol. The van der Waals surface area contributed by atoms with E-state index in [-0.39, 0.29) is 12.5 Å². The van der Waals surface area contributed by atoms with Crippen LogP contribution in [0.1, 0.15) is 341 Å². The van der Waals surface area contributed by atoms with E-state index in [1.807, 2.05) is 0 Å². The molecule has 1 heterocycles. The third-order valence-corrected chi connectivity index (χ3v) is 16.5. The van der Waals surface area contributed by atoms with Crippen molar-refractivity contribution in [2.75, 3.05) is 13.2 Å². The van der Waals surface area contributed by atoms with Crippen molar-refractivity contribution >= 4 is 5.91 Å². The highest BCUT2D eigenvalue weighted by molar-refractivity contribution is 5.76. The summed E-state index contributed by atoms with van der Waals surface area (Å²) < 4.78 is 11.4. The van der Waals surface area contributed by atoms with Crippen LogP contribution >= 0.6 is 0 Å². The van der Waals surface area contributed by atoms with E-state index in [1.54, 1.807) is 0 Å². The number of hydrogen-bond donors (Lipinski definition) is 6. The fourth-order valence-electron chi connectivity index (χ4n) is 11.1. The van der Waals surface area contributed by atoms with Crippen LogP contribution in [0.5, 0.6) is 0 Å². The van der Waals surface area contributed by atoms with Gasteiger partial charge in [-0.3, -0.25) is 4.79 Å². The van der Waals surface area contributed by atoms with Gasteiger partial charge in [-0.2, -0.15) is 0 Å². The Labute approximate surface area is 482 Å². The van der Waals surface area contributed by atoms with Crippen LogP contribution in [0.4, 0.5) is 0 Å². The summed E-state index contributed by atoms with van der Waals surface area (Å²) in [6, 6.07) is -0.722. The largest absolute Gasteiger partial charge is 0.394 e. The zero-order valence-electron chi connectivity index (χ0n) is 51.4. The number of amides is 1. The molecule has 0 radical (unpaired) electrons. The molecule has 0 aromatic rings. The van der Waals surface area contributed by atoms with Crippen molar-refractivity contribution < 1.29 is 39.8 Å². The summed E-state index contributed by atoms with van der Waals surface area (Å²) in [5.74, 6) is -0.141. The Morgan fingerprint density at radius 3 is 1.12 bits per heavy atom. The van der Waals surface area contributed by atoms with Gasteiger partial charge in [0.2, 0.25) is 5.91 Å². The van der Waals surface area contributed by atoms with Crippen LogP contribution < -0.4 is 5.32 Å². The van der Waals surface area contributed by atoms with E-state index < -0.39 is 49.5 Å². The smallest absolute Gasteiger partial charge is 0.220 e. The van der Waals surface area contributed by atoms with Gasteiger partial charge in [0.05, 0.1) is 25.4 Å². The number of aliphatic hydroxyl groups is 5. The van der Waals surface area contributed by atoms with Gasteiger partial charge in [-0.15, -0.1) is 0 Å². The number of nitrogens with one attached hydrogen (secondary N) is 1. The number of carbonyl (C=O) groups excluding carboxylic acids is 1. The molecule has 460 valence electrons. The summed E-state index contributed by atoms with van der Waals surface area (Å²) >= 11 is 0. The predicted octanol–water partition coefficient (Wildman–Crippen LogP) is 18.3. The van der Waals surface area contributed by atoms with E-state index in [9.17, 15) is 30.3 Å². The SMILES string of the molecule is CCCCCCC/C=C\C/C=C\C/C=C\CCCCCCCCCCCCCCC(=O)NC(COC1OC(CO)C(O)C(O)C1O)C(O)CCCCCCCCCCCCCCCCCCCCCCCCCCCCCC. The number of rotatable bonds is 60. The maximum Gasteiger partial charge on any atom is 0.220 e. The molecule has 1 fully saturated rings. The van der Waals surface area contributed by atoms with Crippen LogP contribution in [-0.4, -0.2) is 87.5 Å². The standard InChI is InChI=1S/C69H131NO8/c1-3-5-7-9-11-13-15-17-19-21-23-25-27-29-31-33-34-36-38-40-42-44-46-48-50-52-54-56-58-63(72)62(61-77-69-68(76)67(75)66(74)64(60-71)78-69)70-65(73)59-57-55-53-51-49-47-45-43-41-39-37-35-32-30-28-26-24-22-20-18-16-14-12-10-8-6-4-2/h16,18,22,24,28,30,62-64,66-69,71-72,74-76H,3-15,17,19-21,23,25-27,29,31-61H2,1-2H3,(H,70,73)/b18-16-,24-22-,30-28-. The average Bonchev–Trinajstić information content (AvgIpc) is 3.45. The summed E-state index contributed by atoms with van der Waals surface area (Å²) in [7, 11) is 0. The van der Waals surface area contributed by atoms with E-state index in [1.165, 1.54) is 263 Å². The molecule has 1 aliphatic heterocycles. The van der Waals surface area contributed by atoms with Crippen LogP contribution in [0, 0.1) is 0 Å². The Kier molecular flexibility index (Phi) is 55.9.